The van der Waals surface area contributed by atoms with Crippen LogP contribution in [0, 0.1) is 21.8 Å². The third-order valence-electron chi connectivity index (χ3n) is 3.54. The van der Waals surface area contributed by atoms with Gasteiger partial charge >= 0.3 is 5.69 Å². The zero-order valence-electron chi connectivity index (χ0n) is 11.0. The zero-order valence-corrected chi connectivity index (χ0v) is 11.8. The number of halogens is 2. The minimum atomic E-state index is -0.560. The molecule has 1 aliphatic carbocycles. The molecular formula is C13H18ClFN2O3. The zero-order chi connectivity index (χ0) is 13.8. The molecule has 1 saturated carbocycles. The highest BCUT2D eigenvalue weighted by molar-refractivity contribution is 5.85. The molecule has 1 aromatic carbocycles. The van der Waals surface area contributed by atoms with Gasteiger partial charge in [-0.1, -0.05) is 6.42 Å². The van der Waals surface area contributed by atoms with Crippen LogP contribution in [0.15, 0.2) is 18.2 Å². The number of hydrogen-bond acceptors (Lipinski definition) is 4. The minimum absolute atomic E-state index is 0. The number of hydrogen-bond donors (Lipinski definition) is 1. The summed E-state index contributed by atoms with van der Waals surface area (Å²) in [7, 11) is 0. The Morgan fingerprint density at radius 1 is 1.40 bits per heavy atom. The molecule has 0 radical (unpaired) electrons. The van der Waals surface area contributed by atoms with Crippen molar-refractivity contribution in [3.05, 3.63) is 34.1 Å². The second kappa shape index (κ2) is 7.40. The lowest BCUT2D eigenvalue weighted by Gasteiger charge is -2.30. The second-order valence-corrected chi connectivity index (χ2v) is 4.81. The van der Waals surface area contributed by atoms with Crippen LogP contribution in [-0.4, -0.2) is 17.6 Å². The van der Waals surface area contributed by atoms with E-state index < -0.39 is 10.7 Å². The summed E-state index contributed by atoms with van der Waals surface area (Å²) in [6.45, 7) is 0.480. The standard InChI is InChI=1S/C13H17FN2O3.ClH/c14-10-5-6-11(16(17)18)13(7-10)19-12-4-2-1-3-9(12)8-15;/h5-7,9,12H,1-4,8,15H2;1H/t9-,12+;/m0./s1. The van der Waals surface area contributed by atoms with Crippen LogP contribution in [0.5, 0.6) is 5.75 Å². The van der Waals surface area contributed by atoms with E-state index in [9.17, 15) is 14.5 Å². The second-order valence-electron chi connectivity index (χ2n) is 4.81. The van der Waals surface area contributed by atoms with E-state index in [1.807, 2.05) is 0 Å². The Morgan fingerprint density at radius 2 is 2.10 bits per heavy atom. The molecule has 7 heteroatoms. The van der Waals surface area contributed by atoms with Gasteiger partial charge in [0.05, 0.1) is 4.92 Å². The Hall–Kier alpha value is -1.40. The third kappa shape index (κ3) is 3.80. The number of nitro groups is 1. The van der Waals surface area contributed by atoms with Gasteiger partial charge in [-0.3, -0.25) is 10.1 Å². The Bertz CT molecular complexity index is 473. The fourth-order valence-electron chi connectivity index (χ4n) is 2.49. The van der Waals surface area contributed by atoms with E-state index in [1.165, 1.54) is 0 Å². The molecule has 0 bridgehead atoms. The van der Waals surface area contributed by atoms with Crippen molar-refractivity contribution in [2.24, 2.45) is 11.7 Å². The van der Waals surface area contributed by atoms with Crippen LogP contribution >= 0.6 is 12.4 Å². The van der Waals surface area contributed by atoms with E-state index >= 15 is 0 Å². The van der Waals surface area contributed by atoms with Gasteiger partial charge in [-0.15, -0.1) is 12.4 Å². The highest BCUT2D eigenvalue weighted by atomic mass is 35.5. The molecular weight excluding hydrogens is 287 g/mol. The molecule has 0 saturated heterocycles. The maximum absolute atomic E-state index is 13.2. The predicted molar refractivity (Wildman–Crippen MR) is 75.7 cm³/mol. The molecule has 0 unspecified atom stereocenters. The smallest absolute Gasteiger partial charge is 0.311 e. The fraction of sp³-hybridized carbons (Fsp3) is 0.538. The van der Waals surface area contributed by atoms with Gasteiger partial charge in [-0.05, 0) is 31.9 Å². The van der Waals surface area contributed by atoms with Crippen LogP contribution in [0.1, 0.15) is 25.7 Å². The number of nitro benzene ring substituents is 1. The van der Waals surface area contributed by atoms with E-state index in [0.717, 1.165) is 43.9 Å². The summed E-state index contributed by atoms with van der Waals surface area (Å²) in [5, 5.41) is 10.9. The topological polar surface area (TPSA) is 78.4 Å². The molecule has 2 N–H and O–H groups in total. The van der Waals surface area contributed by atoms with Crippen molar-refractivity contribution >= 4 is 18.1 Å². The summed E-state index contributed by atoms with van der Waals surface area (Å²) in [4.78, 5) is 10.3. The molecule has 0 aromatic heterocycles. The fourth-order valence-corrected chi connectivity index (χ4v) is 2.49. The van der Waals surface area contributed by atoms with Crippen LogP contribution in [0.4, 0.5) is 10.1 Å². The first-order chi connectivity index (χ1) is 9.11. The molecule has 20 heavy (non-hydrogen) atoms. The lowest BCUT2D eigenvalue weighted by Crippen LogP contribution is -2.35. The lowest BCUT2D eigenvalue weighted by molar-refractivity contribution is -0.386. The molecule has 1 aromatic rings. The van der Waals surface area contributed by atoms with Crippen molar-refractivity contribution in [3.63, 3.8) is 0 Å². The van der Waals surface area contributed by atoms with Gasteiger partial charge in [0.15, 0.2) is 5.75 Å². The number of nitrogens with zero attached hydrogens (tertiary/aromatic N) is 1. The Balaban J connectivity index is 0.00000200. The summed E-state index contributed by atoms with van der Waals surface area (Å²) < 4.78 is 18.9. The van der Waals surface area contributed by atoms with Crippen LogP contribution in [0.25, 0.3) is 0 Å². The summed E-state index contributed by atoms with van der Waals surface area (Å²) in [6.07, 6.45) is 3.68. The van der Waals surface area contributed by atoms with Gasteiger partial charge in [-0.25, -0.2) is 4.39 Å². The normalized spacial score (nSPS) is 21.9. The molecule has 112 valence electrons. The average Bonchev–Trinajstić information content (AvgIpc) is 2.39. The maximum atomic E-state index is 13.2. The monoisotopic (exact) mass is 304 g/mol. The number of nitrogens with two attached hydrogens (primary N) is 1. The molecule has 0 aliphatic heterocycles. The van der Waals surface area contributed by atoms with Crippen molar-refractivity contribution < 1.29 is 14.1 Å². The van der Waals surface area contributed by atoms with E-state index in [0.29, 0.717) is 6.54 Å². The SMILES string of the molecule is Cl.NC[C@@H]1CCCC[C@H]1Oc1cc(F)ccc1[N+](=O)[O-]. The number of benzene rings is 1. The molecule has 0 amide bonds. The maximum Gasteiger partial charge on any atom is 0.311 e. The average molecular weight is 305 g/mol. The van der Waals surface area contributed by atoms with Gasteiger partial charge in [0.2, 0.25) is 0 Å². The van der Waals surface area contributed by atoms with Gasteiger partial charge in [0.1, 0.15) is 11.9 Å². The van der Waals surface area contributed by atoms with Gasteiger partial charge in [0.25, 0.3) is 0 Å². The quantitative estimate of drug-likeness (QED) is 0.685. The van der Waals surface area contributed by atoms with Gasteiger partial charge in [-0.2, -0.15) is 0 Å². The van der Waals surface area contributed by atoms with Crippen LogP contribution < -0.4 is 10.5 Å². The van der Waals surface area contributed by atoms with Gasteiger partial charge < -0.3 is 10.5 Å². The Labute approximate surface area is 122 Å². The molecule has 5 nitrogen and oxygen atoms in total. The highest BCUT2D eigenvalue weighted by Crippen LogP contribution is 2.33. The minimum Gasteiger partial charge on any atom is -0.483 e. The first-order valence-corrected chi connectivity index (χ1v) is 6.42. The van der Waals surface area contributed by atoms with Crippen molar-refractivity contribution in [2.45, 2.75) is 31.8 Å². The van der Waals surface area contributed by atoms with Crippen LogP contribution in [0.3, 0.4) is 0 Å². The summed E-state index contributed by atoms with van der Waals surface area (Å²) in [5.74, 6) is -0.368. The van der Waals surface area contributed by atoms with E-state index in [1.54, 1.807) is 0 Å². The van der Waals surface area contributed by atoms with Crippen LogP contribution in [-0.2, 0) is 0 Å². The first-order valence-electron chi connectivity index (χ1n) is 6.42. The van der Waals surface area contributed by atoms with Gasteiger partial charge in [0, 0.05) is 18.1 Å². The van der Waals surface area contributed by atoms with Crippen LogP contribution in [0.2, 0.25) is 0 Å². The Kier molecular flexibility index (Phi) is 6.16. The summed E-state index contributed by atoms with van der Waals surface area (Å²) in [5.41, 5.74) is 5.48. The van der Waals surface area contributed by atoms with E-state index in [-0.39, 0.29) is 35.9 Å². The summed E-state index contributed by atoms with van der Waals surface area (Å²) in [6, 6.07) is 3.26. The first kappa shape index (κ1) is 16.7. The Morgan fingerprint density at radius 3 is 2.75 bits per heavy atom. The highest BCUT2D eigenvalue weighted by Gasteiger charge is 2.28. The van der Waals surface area contributed by atoms with Crippen molar-refractivity contribution in [3.8, 4) is 5.75 Å². The van der Waals surface area contributed by atoms with E-state index in [4.69, 9.17) is 10.5 Å². The molecule has 1 aliphatic rings. The van der Waals surface area contributed by atoms with E-state index in [2.05, 4.69) is 0 Å². The third-order valence-corrected chi connectivity index (χ3v) is 3.54. The molecule has 1 fully saturated rings. The molecule has 2 rings (SSSR count). The summed E-state index contributed by atoms with van der Waals surface area (Å²) >= 11 is 0. The predicted octanol–water partition coefficient (Wildman–Crippen LogP) is 3.05. The number of rotatable bonds is 4. The molecule has 0 heterocycles. The van der Waals surface area contributed by atoms with Crippen molar-refractivity contribution in [1.29, 1.82) is 0 Å². The molecule has 2 atom stereocenters. The van der Waals surface area contributed by atoms with Crippen molar-refractivity contribution in [1.82, 2.24) is 0 Å². The number of ether oxygens (including phenoxy) is 1. The molecule has 0 spiro atoms. The lowest BCUT2D eigenvalue weighted by atomic mass is 9.86. The largest absolute Gasteiger partial charge is 0.483 e. The van der Waals surface area contributed by atoms with Crippen molar-refractivity contribution in [2.75, 3.05) is 6.54 Å².